The van der Waals surface area contributed by atoms with E-state index in [-0.39, 0.29) is 0 Å². The summed E-state index contributed by atoms with van der Waals surface area (Å²) in [5.41, 5.74) is 0. The number of piperidine rings is 1. The Morgan fingerprint density at radius 2 is 1.47 bits per heavy atom. The van der Waals surface area contributed by atoms with Crippen molar-refractivity contribution < 1.29 is 0 Å². The molecule has 0 bridgehead atoms. The molecule has 0 unspecified atom stereocenters. The van der Waals surface area contributed by atoms with Gasteiger partial charge >= 0.3 is 0 Å². The van der Waals surface area contributed by atoms with Crippen LogP contribution in [0.2, 0.25) is 0 Å². The van der Waals surface area contributed by atoms with Crippen molar-refractivity contribution in [3.05, 3.63) is 0 Å². The Morgan fingerprint density at radius 1 is 0.667 bits per heavy atom. The van der Waals surface area contributed by atoms with E-state index in [1.165, 1.54) is 70.8 Å². The topological polar surface area (TPSA) is 3.24 Å². The molecule has 3 aliphatic rings. The van der Waals surface area contributed by atoms with E-state index in [9.17, 15) is 0 Å². The van der Waals surface area contributed by atoms with E-state index in [0.29, 0.717) is 0 Å². The average molecular weight is 207 g/mol. The Labute approximate surface area is 94.2 Å². The Balaban J connectivity index is 1.65. The van der Waals surface area contributed by atoms with Gasteiger partial charge in [0.15, 0.2) is 0 Å². The van der Waals surface area contributed by atoms with E-state index in [1.807, 2.05) is 0 Å². The normalized spacial score (nSPS) is 39.2. The second-order valence-corrected chi connectivity index (χ2v) is 5.93. The zero-order valence-electron chi connectivity index (χ0n) is 9.96. The van der Waals surface area contributed by atoms with Gasteiger partial charge in [-0.25, -0.2) is 0 Å². The minimum atomic E-state index is 0.991. The van der Waals surface area contributed by atoms with Crippen molar-refractivity contribution in [2.24, 2.45) is 5.92 Å². The van der Waals surface area contributed by atoms with Gasteiger partial charge in [0.05, 0.1) is 0 Å². The molecule has 1 nitrogen and oxygen atoms in total. The summed E-state index contributed by atoms with van der Waals surface area (Å²) < 4.78 is 0. The van der Waals surface area contributed by atoms with E-state index in [1.54, 1.807) is 0 Å². The standard InChI is InChI=1S/C14H25N/c1-2-6-12(7-3-1)14-10-9-13-8-4-5-11-15(13)14/h12-14H,1-11H2/t13-,14-/m1/s1. The van der Waals surface area contributed by atoms with Crippen LogP contribution >= 0.6 is 0 Å². The van der Waals surface area contributed by atoms with E-state index in [4.69, 9.17) is 0 Å². The summed E-state index contributed by atoms with van der Waals surface area (Å²) in [5.74, 6) is 1.07. The van der Waals surface area contributed by atoms with Gasteiger partial charge in [-0.15, -0.1) is 0 Å². The lowest BCUT2D eigenvalue weighted by molar-refractivity contribution is 0.0977. The molecule has 1 aliphatic carbocycles. The Bertz CT molecular complexity index is 207. The minimum Gasteiger partial charge on any atom is -0.297 e. The zero-order valence-corrected chi connectivity index (χ0v) is 9.96. The van der Waals surface area contributed by atoms with Crippen LogP contribution in [-0.2, 0) is 0 Å². The van der Waals surface area contributed by atoms with E-state index >= 15 is 0 Å². The highest BCUT2D eigenvalue weighted by atomic mass is 15.2. The highest BCUT2D eigenvalue weighted by Crippen LogP contribution is 2.39. The summed E-state index contributed by atoms with van der Waals surface area (Å²) in [6, 6.07) is 1.99. The predicted octanol–water partition coefficient (Wildman–Crippen LogP) is 3.58. The van der Waals surface area contributed by atoms with Gasteiger partial charge in [0.1, 0.15) is 0 Å². The van der Waals surface area contributed by atoms with E-state index < -0.39 is 0 Å². The Hall–Kier alpha value is -0.0400. The van der Waals surface area contributed by atoms with Crippen LogP contribution < -0.4 is 0 Å². The van der Waals surface area contributed by atoms with Gasteiger partial charge in [0.25, 0.3) is 0 Å². The molecule has 0 N–H and O–H groups in total. The summed E-state index contributed by atoms with van der Waals surface area (Å²) in [5, 5.41) is 0. The second-order valence-electron chi connectivity index (χ2n) is 5.93. The van der Waals surface area contributed by atoms with Gasteiger partial charge in [0, 0.05) is 12.1 Å². The van der Waals surface area contributed by atoms with Crippen molar-refractivity contribution in [1.82, 2.24) is 4.90 Å². The molecule has 0 amide bonds. The van der Waals surface area contributed by atoms with Gasteiger partial charge in [-0.1, -0.05) is 25.7 Å². The largest absolute Gasteiger partial charge is 0.297 e. The smallest absolute Gasteiger partial charge is 0.0127 e. The predicted molar refractivity (Wildman–Crippen MR) is 63.9 cm³/mol. The van der Waals surface area contributed by atoms with Gasteiger partial charge in [-0.05, 0) is 51.0 Å². The number of nitrogens with zero attached hydrogens (tertiary/aromatic N) is 1. The van der Waals surface area contributed by atoms with Crippen molar-refractivity contribution in [3.63, 3.8) is 0 Å². The fraction of sp³-hybridized carbons (Fsp3) is 1.00. The second kappa shape index (κ2) is 4.45. The first-order valence-electron chi connectivity index (χ1n) is 7.21. The third-order valence-electron chi connectivity index (χ3n) is 5.09. The highest BCUT2D eigenvalue weighted by Gasteiger charge is 2.38. The fourth-order valence-electron chi connectivity index (χ4n) is 4.32. The molecule has 15 heavy (non-hydrogen) atoms. The van der Waals surface area contributed by atoms with Gasteiger partial charge in [0.2, 0.25) is 0 Å². The van der Waals surface area contributed by atoms with Crippen LogP contribution in [0.3, 0.4) is 0 Å². The maximum absolute atomic E-state index is 2.90. The van der Waals surface area contributed by atoms with E-state index in [0.717, 1.165) is 18.0 Å². The summed E-state index contributed by atoms with van der Waals surface area (Å²) in [6.45, 7) is 1.42. The monoisotopic (exact) mass is 207 g/mol. The maximum atomic E-state index is 2.90. The van der Waals surface area contributed by atoms with Gasteiger partial charge in [-0.3, -0.25) is 4.90 Å². The van der Waals surface area contributed by atoms with Crippen LogP contribution in [0.5, 0.6) is 0 Å². The molecule has 1 saturated carbocycles. The molecule has 2 aliphatic heterocycles. The fourth-order valence-corrected chi connectivity index (χ4v) is 4.32. The van der Waals surface area contributed by atoms with Gasteiger partial charge in [-0.2, -0.15) is 0 Å². The summed E-state index contributed by atoms with van der Waals surface area (Å²) in [6.07, 6.45) is 15.1. The number of hydrogen-bond acceptors (Lipinski definition) is 1. The first kappa shape index (κ1) is 10.1. The van der Waals surface area contributed by atoms with Crippen molar-refractivity contribution in [2.75, 3.05) is 6.54 Å². The summed E-state index contributed by atoms with van der Waals surface area (Å²) >= 11 is 0. The van der Waals surface area contributed by atoms with Crippen LogP contribution in [0.15, 0.2) is 0 Å². The molecule has 2 saturated heterocycles. The van der Waals surface area contributed by atoms with E-state index in [2.05, 4.69) is 4.90 Å². The molecular formula is C14H25N. The molecule has 2 atom stereocenters. The SMILES string of the molecule is C1CCC([C@H]2CC[C@H]3CCCCN32)CC1. The molecule has 1 heteroatoms. The lowest BCUT2D eigenvalue weighted by Gasteiger charge is -2.39. The van der Waals surface area contributed by atoms with Crippen LogP contribution in [0, 0.1) is 5.92 Å². The quantitative estimate of drug-likeness (QED) is 0.635. The van der Waals surface area contributed by atoms with Crippen molar-refractivity contribution in [1.29, 1.82) is 0 Å². The Morgan fingerprint density at radius 3 is 2.33 bits per heavy atom. The first-order chi connectivity index (χ1) is 7.45. The maximum Gasteiger partial charge on any atom is 0.0127 e. The molecule has 86 valence electrons. The Kier molecular flexibility index (Phi) is 3.01. The number of hydrogen-bond donors (Lipinski definition) is 0. The van der Waals surface area contributed by atoms with Crippen molar-refractivity contribution >= 4 is 0 Å². The molecule has 0 radical (unpaired) electrons. The summed E-state index contributed by atoms with van der Waals surface area (Å²) in [4.78, 5) is 2.90. The third-order valence-corrected chi connectivity index (χ3v) is 5.09. The van der Waals surface area contributed by atoms with Gasteiger partial charge < -0.3 is 0 Å². The van der Waals surface area contributed by atoms with Crippen LogP contribution in [0.25, 0.3) is 0 Å². The van der Waals surface area contributed by atoms with Crippen LogP contribution in [-0.4, -0.2) is 23.5 Å². The molecule has 0 aromatic rings. The lowest BCUT2D eigenvalue weighted by atomic mass is 9.83. The highest BCUT2D eigenvalue weighted by molar-refractivity contribution is 4.93. The lowest BCUT2D eigenvalue weighted by Crippen LogP contribution is -2.43. The van der Waals surface area contributed by atoms with Crippen LogP contribution in [0.4, 0.5) is 0 Å². The van der Waals surface area contributed by atoms with Crippen LogP contribution in [0.1, 0.15) is 64.2 Å². The molecule has 0 aromatic heterocycles. The molecule has 2 heterocycles. The van der Waals surface area contributed by atoms with Crippen molar-refractivity contribution in [2.45, 2.75) is 76.3 Å². The summed E-state index contributed by atoms with van der Waals surface area (Å²) in [7, 11) is 0. The average Bonchev–Trinajstić information content (AvgIpc) is 2.74. The molecule has 0 aromatic carbocycles. The zero-order chi connectivity index (χ0) is 10.1. The third kappa shape index (κ3) is 1.95. The molecule has 3 rings (SSSR count). The number of rotatable bonds is 1. The molecule has 3 fully saturated rings. The molecule has 0 spiro atoms. The minimum absolute atomic E-state index is 0.991. The first-order valence-corrected chi connectivity index (χ1v) is 7.21. The van der Waals surface area contributed by atoms with Crippen molar-refractivity contribution in [3.8, 4) is 0 Å². The number of fused-ring (bicyclic) bond motifs is 1. The molecular weight excluding hydrogens is 182 g/mol.